The first kappa shape index (κ1) is 18.1. The average Bonchev–Trinajstić information content (AvgIpc) is 2.84. The molecular weight excluding hydrogens is 342 g/mol. The highest BCUT2D eigenvalue weighted by Crippen LogP contribution is 2.36. The summed E-state index contributed by atoms with van der Waals surface area (Å²) in [4.78, 5) is 2.45. The van der Waals surface area contributed by atoms with Crippen LogP contribution in [0.4, 0.5) is 0 Å². The van der Waals surface area contributed by atoms with E-state index in [1.54, 1.807) is 14.2 Å². The second-order valence-electron chi connectivity index (χ2n) is 7.33. The maximum absolute atomic E-state index is 6.58. The van der Waals surface area contributed by atoms with Crippen molar-refractivity contribution in [2.75, 3.05) is 34.0 Å². The van der Waals surface area contributed by atoms with Crippen molar-refractivity contribution in [2.45, 2.75) is 31.5 Å². The van der Waals surface area contributed by atoms with Crippen LogP contribution in [-0.4, -0.2) is 44.5 Å². The SMILES string of the molecule is COc1ccc(OC)c(CN2Cc3ccccc3OC3(CCOCC3)C2)c1. The predicted molar refractivity (Wildman–Crippen MR) is 104 cm³/mol. The van der Waals surface area contributed by atoms with Gasteiger partial charge in [-0.1, -0.05) is 18.2 Å². The van der Waals surface area contributed by atoms with Crippen molar-refractivity contribution in [3.8, 4) is 17.2 Å². The molecule has 2 heterocycles. The van der Waals surface area contributed by atoms with Gasteiger partial charge in [-0.15, -0.1) is 0 Å². The van der Waals surface area contributed by atoms with E-state index in [-0.39, 0.29) is 5.60 Å². The van der Waals surface area contributed by atoms with E-state index < -0.39 is 0 Å². The number of methoxy groups -OCH3 is 2. The molecule has 1 spiro atoms. The lowest BCUT2D eigenvalue weighted by atomic mass is 9.93. The molecule has 0 N–H and O–H groups in total. The molecule has 27 heavy (non-hydrogen) atoms. The first-order chi connectivity index (χ1) is 13.2. The second-order valence-corrected chi connectivity index (χ2v) is 7.33. The van der Waals surface area contributed by atoms with Crippen LogP contribution < -0.4 is 14.2 Å². The number of nitrogens with zero attached hydrogens (tertiary/aromatic N) is 1. The normalized spacial score (nSPS) is 19.0. The Bertz CT molecular complexity index is 786. The lowest BCUT2D eigenvalue weighted by Gasteiger charge is -2.39. The van der Waals surface area contributed by atoms with Crippen molar-refractivity contribution in [1.82, 2.24) is 4.90 Å². The molecule has 5 nitrogen and oxygen atoms in total. The Morgan fingerprint density at radius 1 is 1.04 bits per heavy atom. The van der Waals surface area contributed by atoms with Crippen molar-refractivity contribution in [3.05, 3.63) is 53.6 Å². The van der Waals surface area contributed by atoms with Gasteiger partial charge in [0.15, 0.2) is 0 Å². The quantitative estimate of drug-likeness (QED) is 0.823. The summed E-state index contributed by atoms with van der Waals surface area (Å²) in [6.07, 6.45) is 1.82. The zero-order valence-electron chi connectivity index (χ0n) is 16.1. The maximum atomic E-state index is 6.58. The molecule has 5 heteroatoms. The van der Waals surface area contributed by atoms with Crippen LogP contribution in [0.25, 0.3) is 0 Å². The van der Waals surface area contributed by atoms with E-state index in [1.807, 2.05) is 18.2 Å². The number of ether oxygens (including phenoxy) is 4. The molecule has 0 saturated carbocycles. The fraction of sp³-hybridized carbons (Fsp3) is 0.455. The molecule has 0 aromatic heterocycles. The summed E-state index contributed by atoms with van der Waals surface area (Å²) in [6.45, 7) is 3.99. The van der Waals surface area contributed by atoms with Gasteiger partial charge in [-0.25, -0.2) is 0 Å². The molecule has 2 aliphatic heterocycles. The molecule has 2 aromatic carbocycles. The number of hydrogen-bond acceptors (Lipinski definition) is 5. The van der Waals surface area contributed by atoms with Gasteiger partial charge >= 0.3 is 0 Å². The molecule has 4 rings (SSSR count). The van der Waals surface area contributed by atoms with Crippen LogP contribution >= 0.6 is 0 Å². The molecule has 2 aliphatic rings. The molecule has 0 bridgehead atoms. The summed E-state index contributed by atoms with van der Waals surface area (Å²) in [5.41, 5.74) is 2.15. The number of fused-ring (bicyclic) bond motifs is 1. The Morgan fingerprint density at radius 3 is 2.63 bits per heavy atom. The highest BCUT2D eigenvalue weighted by molar-refractivity contribution is 5.41. The van der Waals surface area contributed by atoms with Crippen molar-refractivity contribution < 1.29 is 18.9 Å². The van der Waals surface area contributed by atoms with Gasteiger partial charge in [0.2, 0.25) is 0 Å². The summed E-state index contributed by atoms with van der Waals surface area (Å²) in [5, 5.41) is 0. The predicted octanol–water partition coefficient (Wildman–Crippen LogP) is 3.65. The maximum Gasteiger partial charge on any atom is 0.126 e. The fourth-order valence-electron chi connectivity index (χ4n) is 4.07. The van der Waals surface area contributed by atoms with Gasteiger partial charge in [-0.2, -0.15) is 0 Å². The molecule has 0 amide bonds. The molecule has 2 aromatic rings. The summed E-state index contributed by atoms with van der Waals surface area (Å²) < 4.78 is 23.2. The molecule has 1 saturated heterocycles. The second kappa shape index (κ2) is 7.79. The third-order valence-electron chi connectivity index (χ3n) is 5.49. The first-order valence-electron chi connectivity index (χ1n) is 9.49. The van der Waals surface area contributed by atoms with Crippen LogP contribution in [0, 0.1) is 0 Å². The number of para-hydroxylation sites is 1. The lowest BCUT2D eigenvalue weighted by Crippen LogP contribution is -2.49. The summed E-state index contributed by atoms with van der Waals surface area (Å²) in [5.74, 6) is 2.73. The minimum atomic E-state index is -0.197. The Kier molecular flexibility index (Phi) is 5.23. The largest absolute Gasteiger partial charge is 0.497 e. The van der Waals surface area contributed by atoms with E-state index in [2.05, 4.69) is 29.2 Å². The zero-order valence-corrected chi connectivity index (χ0v) is 16.1. The smallest absolute Gasteiger partial charge is 0.126 e. The molecular formula is C22H27NO4. The van der Waals surface area contributed by atoms with Gasteiger partial charge in [0.25, 0.3) is 0 Å². The Labute approximate surface area is 160 Å². The Morgan fingerprint density at radius 2 is 1.85 bits per heavy atom. The van der Waals surface area contributed by atoms with Crippen molar-refractivity contribution in [3.63, 3.8) is 0 Å². The van der Waals surface area contributed by atoms with Crippen LogP contribution in [0.2, 0.25) is 0 Å². The third-order valence-corrected chi connectivity index (χ3v) is 5.49. The van der Waals surface area contributed by atoms with Gasteiger partial charge in [0.1, 0.15) is 22.8 Å². The zero-order chi connectivity index (χ0) is 18.7. The van der Waals surface area contributed by atoms with E-state index in [1.165, 1.54) is 5.56 Å². The summed E-state index contributed by atoms with van der Waals surface area (Å²) >= 11 is 0. The van der Waals surface area contributed by atoms with Crippen LogP contribution in [0.3, 0.4) is 0 Å². The molecule has 1 fully saturated rings. The molecule has 0 unspecified atom stereocenters. The molecule has 144 valence electrons. The highest BCUT2D eigenvalue weighted by atomic mass is 16.5. The van der Waals surface area contributed by atoms with Crippen LogP contribution in [0.5, 0.6) is 17.2 Å². The van der Waals surface area contributed by atoms with E-state index in [9.17, 15) is 0 Å². The molecule has 0 atom stereocenters. The highest BCUT2D eigenvalue weighted by Gasteiger charge is 2.39. The molecule has 0 aliphatic carbocycles. The Hall–Kier alpha value is -2.24. The standard InChI is InChI=1S/C22H27NO4/c1-24-19-7-8-20(25-2)18(13-19)15-23-14-17-5-3-4-6-21(17)27-22(16-23)9-11-26-12-10-22/h3-8,13H,9-12,14-16H2,1-2H3. The number of benzene rings is 2. The van der Waals surface area contributed by atoms with Gasteiger partial charge in [-0.3, -0.25) is 4.90 Å². The van der Waals surface area contributed by atoms with Crippen molar-refractivity contribution >= 4 is 0 Å². The van der Waals surface area contributed by atoms with Gasteiger partial charge in [0.05, 0.1) is 27.4 Å². The van der Waals surface area contributed by atoms with E-state index >= 15 is 0 Å². The monoisotopic (exact) mass is 369 g/mol. The van der Waals surface area contributed by atoms with E-state index in [4.69, 9.17) is 18.9 Å². The minimum absolute atomic E-state index is 0.197. The third kappa shape index (κ3) is 3.89. The first-order valence-corrected chi connectivity index (χ1v) is 9.49. The van der Waals surface area contributed by atoms with Crippen molar-refractivity contribution in [2.24, 2.45) is 0 Å². The minimum Gasteiger partial charge on any atom is -0.497 e. The molecule has 0 radical (unpaired) electrons. The van der Waals surface area contributed by atoms with E-state index in [0.29, 0.717) is 0 Å². The van der Waals surface area contributed by atoms with Crippen LogP contribution in [0.1, 0.15) is 24.0 Å². The average molecular weight is 369 g/mol. The number of rotatable bonds is 4. The van der Waals surface area contributed by atoms with Gasteiger partial charge < -0.3 is 18.9 Å². The number of hydrogen-bond donors (Lipinski definition) is 0. The van der Waals surface area contributed by atoms with Gasteiger partial charge in [-0.05, 0) is 24.3 Å². The van der Waals surface area contributed by atoms with Crippen LogP contribution in [0.15, 0.2) is 42.5 Å². The van der Waals surface area contributed by atoms with E-state index in [0.717, 1.165) is 68.5 Å². The summed E-state index contributed by atoms with van der Waals surface area (Å²) in [6, 6.07) is 14.3. The topological polar surface area (TPSA) is 40.2 Å². The lowest BCUT2D eigenvalue weighted by molar-refractivity contribution is -0.0594. The van der Waals surface area contributed by atoms with Gasteiger partial charge in [0, 0.05) is 43.6 Å². The van der Waals surface area contributed by atoms with Crippen LogP contribution in [-0.2, 0) is 17.8 Å². The Balaban J connectivity index is 1.65. The summed E-state index contributed by atoms with van der Waals surface area (Å²) in [7, 11) is 3.41. The fourth-order valence-corrected chi connectivity index (χ4v) is 4.07. The van der Waals surface area contributed by atoms with Crippen molar-refractivity contribution in [1.29, 1.82) is 0 Å².